The maximum Gasteiger partial charge on any atom is 0.132 e. The van der Waals surface area contributed by atoms with Crippen LogP contribution in [0.3, 0.4) is 0 Å². The summed E-state index contributed by atoms with van der Waals surface area (Å²) in [5.41, 5.74) is 6.35. The van der Waals surface area contributed by atoms with Crippen LogP contribution in [0.1, 0.15) is 31.3 Å². The summed E-state index contributed by atoms with van der Waals surface area (Å²) in [7, 11) is 0. The van der Waals surface area contributed by atoms with Crippen molar-refractivity contribution in [3.8, 4) is 0 Å². The number of hydrogen-bond donors (Lipinski definition) is 1. The molecule has 2 N–H and O–H groups in total. The summed E-state index contributed by atoms with van der Waals surface area (Å²) in [6.07, 6.45) is 0. The van der Waals surface area contributed by atoms with E-state index >= 15 is 0 Å². The Balaban J connectivity index is 3.06. The van der Waals surface area contributed by atoms with Crippen molar-refractivity contribution in [2.75, 3.05) is 0 Å². The van der Waals surface area contributed by atoms with Gasteiger partial charge >= 0.3 is 0 Å². The molecule has 0 aliphatic rings. The molecule has 0 bridgehead atoms. The highest BCUT2D eigenvalue weighted by atomic mass is 79.9. The van der Waals surface area contributed by atoms with Gasteiger partial charge in [-0.25, -0.2) is 9.97 Å². The van der Waals surface area contributed by atoms with E-state index in [4.69, 9.17) is 5.73 Å². The highest BCUT2D eigenvalue weighted by molar-refractivity contribution is 9.10. The monoisotopic (exact) mass is 229 g/mol. The highest BCUT2D eigenvalue weighted by Crippen LogP contribution is 2.13. The van der Waals surface area contributed by atoms with Crippen LogP contribution in [-0.2, 0) is 6.54 Å². The first kappa shape index (κ1) is 9.61. The summed E-state index contributed by atoms with van der Waals surface area (Å²) < 4.78 is 0.807. The van der Waals surface area contributed by atoms with Crippen molar-refractivity contribution >= 4 is 15.9 Å². The van der Waals surface area contributed by atoms with E-state index in [0.717, 1.165) is 16.1 Å². The van der Waals surface area contributed by atoms with E-state index in [9.17, 15) is 0 Å². The summed E-state index contributed by atoms with van der Waals surface area (Å²) in [4.78, 5) is 8.52. The number of nitrogens with zero attached hydrogens (tertiary/aromatic N) is 2. The summed E-state index contributed by atoms with van der Waals surface area (Å²) in [6.45, 7) is 4.57. The third-order valence-corrected chi connectivity index (χ3v) is 1.90. The molecule has 0 unspecified atom stereocenters. The van der Waals surface area contributed by atoms with Gasteiger partial charge in [0, 0.05) is 12.5 Å². The quantitative estimate of drug-likeness (QED) is 0.788. The first-order valence-electron chi connectivity index (χ1n) is 3.87. The lowest BCUT2D eigenvalue weighted by Gasteiger charge is -2.05. The van der Waals surface area contributed by atoms with Crippen LogP contribution in [0.2, 0.25) is 0 Å². The second kappa shape index (κ2) is 3.96. The zero-order chi connectivity index (χ0) is 9.14. The van der Waals surface area contributed by atoms with E-state index in [-0.39, 0.29) is 0 Å². The SMILES string of the molecule is CC(C)c1nc(Br)cc(CN)n1. The van der Waals surface area contributed by atoms with Gasteiger partial charge in [0.1, 0.15) is 10.4 Å². The Hall–Kier alpha value is -0.480. The molecule has 1 heterocycles. The molecule has 1 aromatic heterocycles. The molecule has 1 aromatic rings. The summed E-state index contributed by atoms with van der Waals surface area (Å²) in [5.74, 6) is 1.18. The van der Waals surface area contributed by atoms with E-state index in [2.05, 4.69) is 39.7 Å². The van der Waals surface area contributed by atoms with Gasteiger partial charge < -0.3 is 5.73 Å². The molecule has 0 aliphatic carbocycles. The predicted octanol–water partition coefficient (Wildman–Crippen LogP) is 1.82. The fourth-order valence-electron chi connectivity index (χ4n) is 0.846. The van der Waals surface area contributed by atoms with Crippen molar-refractivity contribution in [2.24, 2.45) is 5.73 Å². The molecule has 0 radical (unpaired) electrons. The molecule has 0 aliphatic heterocycles. The molecule has 0 fully saturated rings. The summed E-state index contributed by atoms with van der Waals surface area (Å²) >= 11 is 3.32. The fraction of sp³-hybridized carbons (Fsp3) is 0.500. The van der Waals surface area contributed by atoms with Crippen molar-refractivity contribution in [1.29, 1.82) is 0 Å². The number of aromatic nitrogens is 2. The van der Waals surface area contributed by atoms with Gasteiger partial charge in [-0.3, -0.25) is 0 Å². The van der Waals surface area contributed by atoms with Crippen LogP contribution in [-0.4, -0.2) is 9.97 Å². The van der Waals surface area contributed by atoms with Gasteiger partial charge in [0.25, 0.3) is 0 Å². The van der Waals surface area contributed by atoms with Crippen LogP contribution < -0.4 is 5.73 Å². The van der Waals surface area contributed by atoms with Crippen molar-refractivity contribution < 1.29 is 0 Å². The first-order chi connectivity index (χ1) is 5.63. The third-order valence-electron chi connectivity index (χ3n) is 1.49. The molecule has 0 aromatic carbocycles. The molecule has 3 nitrogen and oxygen atoms in total. The second-order valence-electron chi connectivity index (χ2n) is 2.90. The van der Waals surface area contributed by atoms with Gasteiger partial charge in [-0.2, -0.15) is 0 Å². The molecule has 0 spiro atoms. The van der Waals surface area contributed by atoms with Crippen LogP contribution in [0.15, 0.2) is 10.7 Å². The van der Waals surface area contributed by atoms with Crippen molar-refractivity contribution in [1.82, 2.24) is 9.97 Å². The Labute approximate surface area is 80.5 Å². The molecule has 0 amide bonds. The van der Waals surface area contributed by atoms with Crippen LogP contribution in [0.5, 0.6) is 0 Å². The Morgan fingerprint density at radius 3 is 2.67 bits per heavy atom. The normalized spacial score (nSPS) is 10.8. The average Bonchev–Trinajstić information content (AvgIpc) is 2.03. The van der Waals surface area contributed by atoms with E-state index in [1.165, 1.54) is 0 Å². The molecular formula is C8H12BrN3. The Morgan fingerprint density at radius 2 is 2.17 bits per heavy atom. The Morgan fingerprint density at radius 1 is 1.50 bits per heavy atom. The maximum atomic E-state index is 5.48. The van der Waals surface area contributed by atoms with Crippen molar-refractivity contribution in [3.63, 3.8) is 0 Å². The number of nitrogens with two attached hydrogens (primary N) is 1. The largest absolute Gasteiger partial charge is 0.325 e. The second-order valence-corrected chi connectivity index (χ2v) is 3.71. The van der Waals surface area contributed by atoms with E-state index < -0.39 is 0 Å². The minimum Gasteiger partial charge on any atom is -0.325 e. The smallest absolute Gasteiger partial charge is 0.132 e. The van der Waals surface area contributed by atoms with Gasteiger partial charge in [-0.1, -0.05) is 13.8 Å². The van der Waals surface area contributed by atoms with Crippen LogP contribution in [0.4, 0.5) is 0 Å². The van der Waals surface area contributed by atoms with Crippen molar-refractivity contribution in [2.45, 2.75) is 26.3 Å². The first-order valence-corrected chi connectivity index (χ1v) is 4.66. The van der Waals surface area contributed by atoms with Gasteiger partial charge in [0.15, 0.2) is 0 Å². The molecule has 0 atom stereocenters. The lowest BCUT2D eigenvalue weighted by atomic mass is 10.2. The van der Waals surface area contributed by atoms with Gasteiger partial charge in [-0.05, 0) is 22.0 Å². The van der Waals surface area contributed by atoms with Gasteiger partial charge in [-0.15, -0.1) is 0 Å². The molecular weight excluding hydrogens is 218 g/mol. The molecule has 4 heteroatoms. The Bertz CT molecular complexity index is 273. The maximum absolute atomic E-state index is 5.48. The van der Waals surface area contributed by atoms with Crippen LogP contribution in [0.25, 0.3) is 0 Å². The third kappa shape index (κ3) is 2.25. The predicted molar refractivity (Wildman–Crippen MR) is 51.7 cm³/mol. The number of rotatable bonds is 2. The van der Waals surface area contributed by atoms with E-state index in [1.54, 1.807) is 0 Å². The fourth-order valence-corrected chi connectivity index (χ4v) is 1.29. The molecule has 0 saturated heterocycles. The topological polar surface area (TPSA) is 51.8 Å². The van der Waals surface area contributed by atoms with Crippen LogP contribution >= 0.6 is 15.9 Å². The van der Waals surface area contributed by atoms with E-state index in [1.807, 2.05) is 6.07 Å². The summed E-state index contributed by atoms with van der Waals surface area (Å²) in [6, 6.07) is 1.84. The van der Waals surface area contributed by atoms with Gasteiger partial charge in [0.2, 0.25) is 0 Å². The average molecular weight is 230 g/mol. The Kier molecular flexibility index (Phi) is 3.17. The van der Waals surface area contributed by atoms with E-state index in [0.29, 0.717) is 12.5 Å². The molecule has 66 valence electrons. The zero-order valence-corrected chi connectivity index (χ0v) is 8.80. The molecule has 0 saturated carbocycles. The summed E-state index contributed by atoms with van der Waals surface area (Å²) in [5, 5.41) is 0. The highest BCUT2D eigenvalue weighted by Gasteiger charge is 2.05. The van der Waals surface area contributed by atoms with Crippen LogP contribution in [0, 0.1) is 0 Å². The minimum absolute atomic E-state index is 0.341. The molecule has 12 heavy (non-hydrogen) atoms. The number of halogens is 1. The zero-order valence-electron chi connectivity index (χ0n) is 7.21. The lowest BCUT2D eigenvalue weighted by molar-refractivity contribution is 0.751. The standard InChI is InChI=1S/C8H12BrN3/c1-5(2)8-11-6(4-10)3-7(9)12-8/h3,5H,4,10H2,1-2H3. The van der Waals surface area contributed by atoms with Gasteiger partial charge in [0.05, 0.1) is 5.69 Å². The van der Waals surface area contributed by atoms with Crippen molar-refractivity contribution in [3.05, 3.63) is 22.2 Å². The minimum atomic E-state index is 0.341. The number of hydrogen-bond acceptors (Lipinski definition) is 3. The molecule has 1 rings (SSSR count). The lowest BCUT2D eigenvalue weighted by Crippen LogP contribution is -2.05.